The van der Waals surface area contributed by atoms with Crippen LogP contribution in [0.3, 0.4) is 0 Å². The van der Waals surface area contributed by atoms with Crippen molar-refractivity contribution < 1.29 is 14.6 Å². The molecule has 2 aromatic rings. The molecule has 0 radical (unpaired) electrons. The highest BCUT2D eigenvalue weighted by atomic mass is 16.5. The number of rotatable bonds is 7. The largest absolute Gasteiger partial charge is 0.396 e. The summed E-state index contributed by atoms with van der Waals surface area (Å²) in [7, 11) is 0. The molecule has 4 heteroatoms. The Labute approximate surface area is 148 Å². The number of carbonyl (C=O) groups is 1. The van der Waals surface area contributed by atoms with Gasteiger partial charge < -0.3 is 15.2 Å². The molecule has 3 rings (SSSR count). The highest BCUT2D eigenvalue weighted by molar-refractivity contribution is 5.76. The van der Waals surface area contributed by atoms with Crippen molar-refractivity contribution in [3.05, 3.63) is 71.3 Å². The minimum absolute atomic E-state index is 0.0134. The Morgan fingerprint density at radius 3 is 2.72 bits per heavy atom. The van der Waals surface area contributed by atoms with Gasteiger partial charge in [0, 0.05) is 19.1 Å². The number of benzene rings is 2. The highest BCUT2D eigenvalue weighted by Crippen LogP contribution is 2.29. The molecule has 0 saturated carbocycles. The molecule has 132 valence electrons. The predicted octanol–water partition coefficient (Wildman–Crippen LogP) is 2.97. The zero-order chi connectivity index (χ0) is 17.5. The molecule has 1 amide bonds. The molecule has 1 aliphatic rings. The molecule has 0 spiro atoms. The van der Waals surface area contributed by atoms with E-state index < -0.39 is 0 Å². The van der Waals surface area contributed by atoms with E-state index in [9.17, 15) is 9.90 Å². The monoisotopic (exact) mass is 339 g/mol. The number of aliphatic hydroxyl groups is 1. The van der Waals surface area contributed by atoms with E-state index in [-0.39, 0.29) is 24.5 Å². The topological polar surface area (TPSA) is 58.6 Å². The van der Waals surface area contributed by atoms with Crippen LogP contribution in [-0.2, 0) is 16.0 Å². The van der Waals surface area contributed by atoms with Crippen LogP contribution in [0.4, 0.5) is 0 Å². The Kier molecular flexibility index (Phi) is 6.20. The first-order chi connectivity index (χ1) is 12.3. The van der Waals surface area contributed by atoms with Gasteiger partial charge in [0.1, 0.15) is 0 Å². The van der Waals surface area contributed by atoms with Gasteiger partial charge in [-0.15, -0.1) is 0 Å². The molecular weight excluding hydrogens is 314 g/mol. The molecule has 0 aliphatic carbocycles. The summed E-state index contributed by atoms with van der Waals surface area (Å²) in [6.45, 7) is 1.29. The van der Waals surface area contributed by atoms with Crippen LogP contribution >= 0.6 is 0 Å². The second-order valence-electron chi connectivity index (χ2n) is 6.44. The number of ether oxygens (including phenoxy) is 1. The Bertz CT molecular complexity index is 687. The van der Waals surface area contributed by atoms with E-state index >= 15 is 0 Å². The zero-order valence-electron chi connectivity index (χ0n) is 14.4. The van der Waals surface area contributed by atoms with E-state index in [0.29, 0.717) is 26.0 Å². The van der Waals surface area contributed by atoms with Crippen molar-refractivity contribution in [2.24, 2.45) is 0 Å². The SMILES string of the molecule is O=C(CC1OCCc2ccccc21)NCC(CCO)c1ccccc1. The van der Waals surface area contributed by atoms with Gasteiger partial charge in [-0.25, -0.2) is 0 Å². The third-order valence-corrected chi connectivity index (χ3v) is 4.76. The highest BCUT2D eigenvalue weighted by Gasteiger charge is 2.23. The normalized spacial score (nSPS) is 17.6. The lowest BCUT2D eigenvalue weighted by molar-refractivity contribution is -0.124. The summed E-state index contributed by atoms with van der Waals surface area (Å²) in [6.07, 6.45) is 1.70. The van der Waals surface area contributed by atoms with Crippen LogP contribution in [0.25, 0.3) is 0 Å². The van der Waals surface area contributed by atoms with E-state index in [1.807, 2.05) is 48.5 Å². The fourth-order valence-electron chi connectivity index (χ4n) is 3.39. The number of fused-ring (bicyclic) bond motifs is 1. The number of nitrogens with one attached hydrogen (secondary N) is 1. The third-order valence-electron chi connectivity index (χ3n) is 4.76. The quantitative estimate of drug-likeness (QED) is 0.815. The van der Waals surface area contributed by atoms with Gasteiger partial charge in [0.15, 0.2) is 0 Å². The summed E-state index contributed by atoms with van der Waals surface area (Å²) < 4.78 is 5.81. The van der Waals surface area contributed by atoms with Gasteiger partial charge >= 0.3 is 0 Å². The molecule has 0 saturated heterocycles. The van der Waals surface area contributed by atoms with E-state index in [1.54, 1.807) is 0 Å². The van der Waals surface area contributed by atoms with Gasteiger partial charge in [-0.05, 0) is 29.5 Å². The van der Waals surface area contributed by atoms with Gasteiger partial charge in [-0.3, -0.25) is 4.79 Å². The van der Waals surface area contributed by atoms with E-state index in [0.717, 1.165) is 17.5 Å². The van der Waals surface area contributed by atoms with E-state index in [2.05, 4.69) is 11.4 Å². The fraction of sp³-hybridized carbons (Fsp3) is 0.381. The van der Waals surface area contributed by atoms with Crippen LogP contribution in [0.15, 0.2) is 54.6 Å². The van der Waals surface area contributed by atoms with Crippen molar-refractivity contribution in [1.82, 2.24) is 5.32 Å². The Hall–Kier alpha value is -2.17. The lowest BCUT2D eigenvalue weighted by Crippen LogP contribution is -2.31. The molecule has 2 N–H and O–H groups in total. The molecular formula is C21H25NO3. The van der Waals surface area contributed by atoms with Crippen LogP contribution in [0.2, 0.25) is 0 Å². The number of hydrogen-bond donors (Lipinski definition) is 2. The van der Waals surface area contributed by atoms with Crippen molar-refractivity contribution in [2.45, 2.75) is 31.3 Å². The number of carbonyl (C=O) groups excluding carboxylic acids is 1. The zero-order valence-corrected chi connectivity index (χ0v) is 14.4. The third kappa shape index (κ3) is 4.68. The smallest absolute Gasteiger partial charge is 0.222 e. The van der Waals surface area contributed by atoms with Gasteiger partial charge in [-0.1, -0.05) is 54.6 Å². The molecule has 25 heavy (non-hydrogen) atoms. The number of aliphatic hydroxyl groups excluding tert-OH is 1. The lowest BCUT2D eigenvalue weighted by Gasteiger charge is -2.26. The van der Waals surface area contributed by atoms with E-state index in [4.69, 9.17) is 4.74 Å². The average molecular weight is 339 g/mol. The molecule has 2 aromatic carbocycles. The van der Waals surface area contributed by atoms with Gasteiger partial charge in [0.05, 0.1) is 19.1 Å². The standard InChI is InChI=1S/C21H25NO3/c23-12-10-18(16-6-2-1-3-7-16)15-22-21(24)14-20-19-9-5-4-8-17(19)11-13-25-20/h1-9,18,20,23H,10-15H2,(H,22,24). The van der Waals surface area contributed by atoms with Crippen LogP contribution in [0, 0.1) is 0 Å². The summed E-state index contributed by atoms with van der Waals surface area (Å²) in [5, 5.41) is 12.3. The molecule has 0 fully saturated rings. The van der Waals surface area contributed by atoms with Crippen molar-refractivity contribution >= 4 is 5.91 Å². The van der Waals surface area contributed by atoms with Gasteiger partial charge in [0.2, 0.25) is 5.91 Å². The lowest BCUT2D eigenvalue weighted by atomic mass is 9.94. The first kappa shape index (κ1) is 17.6. The van der Waals surface area contributed by atoms with Crippen molar-refractivity contribution in [3.63, 3.8) is 0 Å². The van der Waals surface area contributed by atoms with Crippen LogP contribution in [0.5, 0.6) is 0 Å². The van der Waals surface area contributed by atoms with Crippen LogP contribution in [0.1, 0.15) is 41.6 Å². The summed E-state index contributed by atoms with van der Waals surface area (Å²) in [5.74, 6) is 0.107. The van der Waals surface area contributed by atoms with Crippen LogP contribution < -0.4 is 5.32 Å². The Morgan fingerprint density at radius 1 is 1.16 bits per heavy atom. The summed E-state index contributed by atoms with van der Waals surface area (Å²) in [5.41, 5.74) is 3.53. The Balaban J connectivity index is 1.57. The number of amides is 1. The van der Waals surface area contributed by atoms with Crippen LogP contribution in [-0.4, -0.2) is 30.8 Å². The molecule has 0 bridgehead atoms. The second-order valence-corrected chi connectivity index (χ2v) is 6.44. The Morgan fingerprint density at radius 2 is 1.92 bits per heavy atom. The maximum Gasteiger partial charge on any atom is 0.222 e. The van der Waals surface area contributed by atoms with E-state index in [1.165, 1.54) is 5.56 Å². The molecule has 4 nitrogen and oxygen atoms in total. The molecule has 0 aromatic heterocycles. The molecule has 2 unspecified atom stereocenters. The minimum atomic E-state index is -0.169. The van der Waals surface area contributed by atoms with Crippen molar-refractivity contribution in [1.29, 1.82) is 0 Å². The van der Waals surface area contributed by atoms with Gasteiger partial charge in [0.25, 0.3) is 0 Å². The summed E-state index contributed by atoms with van der Waals surface area (Å²) >= 11 is 0. The maximum absolute atomic E-state index is 12.4. The maximum atomic E-state index is 12.4. The predicted molar refractivity (Wildman–Crippen MR) is 97.4 cm³/mol. The fourth-order valence-corrected chi connectivity index (χ4v) is 3.39. The van der Waals surface area contributed by atoms with Crippen molar-refractivity contribution in [2.75, 3.05) is 19.8 Å². The summed E-state index contributed by atoms with van der Waals surface area (Å²) in [4.78, 5) is 12.4. The first-order valence-corrected chi connectivity index (χ1v) is 8.90. The average Bonchev–Trinajstić information content (AvgIpc) is 2.66. The molecule has 2 atom stereocenters. The molecule has 1 heterocycles. The van der Waals surface area contributed by atoms with Gasteiger partial charge in [-0.2, -0.15) is 0 Å². The minimum Gasteiger partial charge on any atom is -0.396 e. The number of hydrogen-bond acceptors (Lipinski definition) is 3. The first-order valence-electron chi connectivity index (χ1n) is 8.90. The molecule has 1 aliphatic heterocycles. The second kappa shape index (κ2) is 8.79. The summed E-state index contributed by atoms with van der Waals surface area (Å²) in [6, 6.07) is 18.2. The van der Waals surface area contributed by atoms with Crippen molar-refractivity contribution in [3.8, 4) is 0 Å².